The van der Waals surface area contributed by atoms with Crippen molar-refractivity contribution in [3.05, 3.63) is 28.3 Å². The monoisotopic (exact) mass is 170 g/mol. The van der Waals surface area contributed by atoms with E-state index in [0.717, 1.165) is 0 Å². The maximum atomic E-state index is 2.26. The van der Waals surface area contributed by atoms with E-state index in [-0.39, 0.29) is 29.6 Å². The Hall–Kier alpha value is 0.285. The van der Waals surface area contributed by atoms with E-state index in [1.54, 1.807) is 0 Å². The fourth-order valence-electron chi connectivity index (χ4n) is 1.41. The molecule has 0 bridgehead atoms. The third-order valence-electron chi connectivity index (χ3n) is 2.74. The van der Waals surface area contributed by atoms with Crippen molar-refractivity contribution >= 4 is 42.9 Å². The molecular weight excluding hydrogens is 154 g/mol. The van der Waals surface area contributed by atoms with Gasteiger partial charge in [-0.1, -0.05) is 17.1 Å². The van der Waals surface area contributed by atoms with Gasteiger partial charge in [0.05, 0.1) is 0 Å². The average molecular weight is 170 g/mol. The number of aryl methyl sites for hydroxylation is 1. The van der Waals surface area contributed by atoms with Crippen LogP contribution in [0.5, 0.6) is 0 Å². The molecular formula is C10H16BNa. The summed E-state index contributed by atoms with van der Waals surface area (Å²) in [6, 6.07) is 2.26. The maximum absolute atomic E-state index is 2.26. The van der Waals surface area contributed by atoms with Gasteiger partial charge in [0.2, 0.25) is 0 Å². The Morgan fingerprint density at radius 2 is 1.42 bits per heavy atom. The van der Waals surface area contributed by atoms with E-state index in [1.807, 2.05) is 0 Å². The molecule has 2 heteroatoms. The minimum atomic E-state index is 0. The molecule has 0 spiro atoms. The van der Waals surface area contributed by atoms with Crippen LogP contribution in [0.3, 0.4) is 0 Å². The zero-order chi connectivity index (χ0) is 8.59. The summed E-state index contributed by atoms with van der Waals surface area (Å²) in [5.41, 5.74) is 7.14. The fourth-order valence-corrected chi connectivity index (χ4v) is 1.41. The van der Waals surface area contributed by atoms with Gasteiger partial charge in [-0.05, 0) is 44.4 Å². The molecule has 1 aromatic carbocycles. The molecule has 0 atom stereocenters. The van der Waals surface area contributed by atoms with Crippen molar-refractivity contribution in [3.8, 4) is 0 Å². The summed E-state index contributed by atoms with van der Waals surface area (Å²) in [6.45, 7) is 8.76. The molecule has 0 radical (unpaired) electrons. The van der Waals surface area contributed by atoms with Crippen molar-refractivity contribution in [1.29, 1.82) is 0 Å². The van der Waals surface area contributed by atoms with Crippen LogP contribution in [0, 0.1) is 27.7 Å². The number of hydrogen-bond acceptors (Lipinski definition) is 0. The van der Waals surface area contributed by atoms with E-state index < -0.39 is 0 Å². The Kier molecular flexibility index (Phi) is 4.61. The van der Waals surface area contributed by atoms with Gasteiger partial charge in [-0.2, -0.15) is 0 Å². The molecule has 0 fully saturated rings. The molecule has 0 aromatic heterocycles. The Labute approximate surface area is 98.5 Å². The van der Waals surface area contributed by atoms with E-state index in [1.165, 1.54) is 27.7 Å². The van der Waals surface area contributed by atoms with E-state index in [9.17, 15) is 0 Å². The van der Waals surface area contributed by atoms with Gasteiger partial charge in [0.25, 0.3) is 0 Å². The summed E-state index contributed by atoms with van der Waals surface area (Å²) in [5, 5.41) is 0. The Balaban J connectivity index is 0.00000121. The van der Waals surface area contributed by atoms with E-state index in [0.29, 0.717) is 0 Å². The molecule has 0 saturated carbocycles. The van der Waals surface area contributed by atoms with Crippen molar-refractivity contribution in [2.24, 2.45) is 0 Å². The molecule has 0 heterocycles. The van der Waals surface area contributed by atoms with Crippen LogP contribution in [0.15, 0.2) is 6.07 Å². The first kappa shape index (κ1) is 12.3. The summed E-state index contributed by atoms with van der Waals surface area (Å²) < 4.78 is 0. The molecule has 0 N–H and O–H groups in total. The Morgan fingerprint density at radius 1 is 0.917 bits per heavy atom. The van der Waals surface area contributed by atoms with Gasteiger partial charge < -0.3 is 0 Å². The van der Waals surface area contributed by atoms with Crippen molar-refractivity contribution in [3.63, 3.8) is 0 Å². The SMILES string of the molecule is Bc1cc(C)c(C)c(C)c1C.[NaH]. The first-order valence-corrected chi connectivity index (χ1v) is 4.08. The van der Waals surface area contributed by atoms with Crippen LogP contribution in [0.1, 0.15) is 22.3 Å². The van der Waals surface area contributed by atoms with Crippen molar-refractivity contribution in [1.82, 2.24) is 0 Å². The van der Waals surface area contributed by atoms with Crippen LogP contribution in [0.25, 0.3) is 0 Å². The molecule has 0 aliphatic heterocycles. The first-order chi connectivity index (χ1) is 5.04. The molecule has 12 heavy (non-hydrogen) atoms. The first-order valence-electron chi connectivity index (χ1n) is 4.08. The third-order valence-corrected chi connectivity index (χ3v) is 2.74. The van der Waals surface area contributed by atoms with Crippen LogP contribution >= 0.6 is 0 Å². The van der Waals surface area contributed by atoms with Crippen LogP contribution in [0.2, 0.25) is 0 Å². The van der Waals surface area contributed by atoms with Gasteiger partial charge in [-0.15, -0.1) is 0 Å². The van der Waals surface area contributed by atoms with Gasteiger partial charge in [-0.3, -0.25) is 0 Å². The predicted octanol–water partition coefficient (Wildman–Crippen LogP) is 0.530. The van der Waals surface area contributed by atoms with Crippen molar-refractivity contribution in [2.75, 3.05) is 0 Å². The summed E-state index contributed by atoms with van der Waals surface area (Å²) in [5.74, 6) is 0. The topological polar surface area (TPSA) is 0 Å². The van der Waals surface area contributed by atoms with Gasteiger partial charge in [0.1, 0.15) is 7.85 Å². The quantitative estimate of drug-likeness (QED) is 0.498. The molecule has 0 aliphatic rings. The van der Waals surface area contributed by atoms with Crippen LogP contribution in [-0.2, 0) is 0 Å². The average Bonchev–Trinajstić information content (AvgIpc) is 1.97. The number of benzene rings is 1. The fraction of sp³-hybridized carbons (Fsp3) is 0.400. The molecule has 60 valence electrons. The second-order valence-electron chi connectivity index (χ2n) is 3.39. The molecule has 0 amide bonds. The third kappa shape index (κ3) is 2.15. The Morgan fingerprint density at radius 3 is 1.92 bits per heavy atom. The minimum absolute atomic E-state index is 0. The van der Waals surface area contributed by atoms with E-state index in [2.05, 4.69) is 41.6 Å². The van der Waals surface area contributed by atoms with Crippen molar-refractivity contribution < 1.29 is 0 Å². The van der Waals surface area contributed by atoms with E-state index >= 15 is 0 Å². The standard InChI is InChI=1S/C10H15B.Na.H/c1-6-5-10(11)9(4)8(3)7(6)2;;/h5H,11H2,1-4H3;;. The molecule has 1 rings (SSSR count). The normalized spacial score (nSPS) is 9.33. The van der Waals surface area contributed by atoms with Crippen molar-refractivity contribution in [2.45, 2.75) is 27.7 Å². The zero-order valence-electron chi connectivity index (χ0n) is 8.08. The Bertz CT molecular complexity index is 266. The van der Waals surface area contributed by atoms with Gasteiger partial charge >= 0.3 is 29.6 Å². The molecule has 0 aliphatic carbocycles. The number of rotatable bonds is 0. The van der Waals surface area contributed by atoms with Crippen LogP contribution < -0.4 is 5.46 Å². The molecule has 0 nitrogen and oxygen atoms in total. The summed E-state index contributed by atoms with van der Waals surface area (Å²) in [7, 11) is 2.18. The summed E-state index contributed by atoms with van der Waals surface area (Å²) in [4.78, 5) is 0. The van der Waals surface area contributed by atoms with Gasteiger partial charge in [0.15, 0.2) is 0 Å². The predicted molar refractivity (Wildman–Crippen MR) is 60.7 cm³/mol. The second kappa shape index (κ2) is 4.50. The zero-order valence-corrected chi connectivity index (χ0v) is 8.08. The molecule has 1 aromatic rings. The molecule has 0 saturated heterocycles. The summed E-state index contributed by atoms with van der Waals surface area (Å²) in [6.07, 6.45) is 0. The number of hydrogen-bond donors (Lipinski definition) is 0. The van der Waals surface area contributed by atoms with E-state index in [4.69, 9.17) is 0 Å². The van der Waals surface area contributed by atoms with Crippen LogP contribution in [-0.4, -0.2) is 37.4 Å². The van der Waals surface area contributed by atoms with Gasteiger partial charge in [-0.25, -0.2) is 0 Å². The van der Waals surface area contributed by atoms with Gasteiger partial charge in [0, 0.05) is 0 Å². The second-order valence-corrected chi connectivity index (χ2v) is 3.39. The molecule has 0 unspecified atom stereocenters. The van der Waals surface area contributed by atoms with Crippen LogP contribution in [0.4, 0.5) is 0 Å². The summed E-state index contributed by atoms with van der Waals surface area (Å²) >= 11 is 0.